The van der Waals surface area contributed by atoms with Crippen LogP contribution in [-0.4, -0.2) is 36.1 Å². The number of carbonyl (C=O) groups is 2. The summed E-state index contributed by atoms with van der Waals surface area (Å²) < 4.78 is 0. The van der Waals surface area contributed by atoms with Crippen LogP contribution in [0.5, 0.6) is 0 Å². The second-order valence-electron chi connectivity index (χ2n) is 4.52. The number of hydrogen-bond donors (Lipinski definition) is 3. The molecule has 1 aliphatic rings. The van der Waals surface area contributed by atoms with E-state index in [0.717, 1.165) is 0 Å². The third kappa shape index (κ3) is 3.59. The van der Waals surface area contributed by atoms with Crippen LogP contribution in [0.15, 0.2) is 24.3 Å². The summed E-state index contributed by atoms with van der Waals surface area (Å²) in [5.74, 6) is 5.10. The Balaban J connectivity index is 2.07. The zero-order valence-corrected chi connectivity index (χ0v) is 11.0. The normalized spacial score (nSPS) is 17.6. The smallest absolute Gasteiger partial charge is 0.252 e. The highest BCUT2D eigenvalue weighted by Crippen LogP contribution is 2.09. The van der Waals surface area contributed by atoms with E-state index in [-0.39, 0.29) is 24.5 Å². The summed E-state index contributed by atoms with van der Waals surface area (Å²) in [7, 11) is 0. The van der Waals surface area contributed by atoms with E-state index in [9.17, 15) is 9.59 Å². The van der Waals surface area contributed by atoms with E-state index in [0.29, 0.717) is 30.5 Å². The minimum Gasteiger partial charge on any atom is -0.384 e. The molecule has 1 saturated heterocycles. The summed E-state index contributed by atoms with van der Waals surface area (Å²) in [6, 6.07) is 6.93. The molecule has 1 aromatic rings. The molecule has 1 atom stereocenters. The molecular formula is C15H16N2O3. The lowest BCUT2D eigenvalue weighted by Crippen LogP contribution is -2.47. The minimum atomic E-state index is -0.245. The van der Waals surface area contributed by atoms with Gasteiger partial charge in [-0.15, -0.1) is 0 Å². The molecule has 5 nitrogen and oxygen atoms in total. The molecule has 0 radical (unpaired) electrons. The molecule has 3 N–H and O–H groups in total. The fraction of sp³-hybridized carbons (Fsp3) is 0.333. The van der Waals surface area contributed by atoms with Gasteiger partial charge in [0.2, 0.25) is 5.91 Å². The number of hydrogen-bond acceptors (Lipinski definition) is 3. The molecule has 104 valence electrons. The van der Waals surface area contributed by atoms with Crippen molar-refractivity contribution in [2.75, 3.05) is 13.2 Å². The lowest BCUT2D eigenvalue weighted by Gasteiger charge is -2.23. The Bertz CT molecular complexity index is 562. The predicted molar refractivity (Wildman–Crippen MR) is 73.9 cm³/mol. The summed E-state index contributed by atoms with van der Waals surface area (Å²) in [6.07, 6.45) is 1.07. The van der Waals surface area contributed by atoms with E-state index in [1.165, 1.54) is 0 Å². The van der Waals surface area contributed by atoms with Gasteiger partial charge in [0, 0.05) is 24.6 Å². The predicted octanol–water partition coefficient (Wildman–Crippen LogP) is 0.0388. The van der Waals surface area contributed by atoms with Crippen molar-refractivity contribution < 1.29 is 14.7 Å². The number of benzene rings is 1. The van der Waals surface area contributed by atoms with E-state index < -0.39 is 0 Å². The molecule has 0 spiro atoms. The lowest BCUT2D eigenvalue weighted by atomic mass is 10.0. The number of amides is 2. The monoisotopic (exact) mass is 272 g/mol. The first-order valence-electron chi connectivity index (χ1n) is 6.47. The van der Waals surface area contributed by atoms with Gasteiger partial charge in [-0.2, -0.15) is 0 Å². The number of aliphatic hydroxyl groups excluding tert-OH is 1. The first-order valence-corrected chi connectivity index (χ1v) is 6.47. The largest absolute Gasteiger partial charge is 0.384 e. The Morgan fingerprint density at radius 1 is 1.45 bits per heavy atom. The van der Waals surface area contributed by atoms with Crippen LogP contribution >= 0.6 is 0 Å². The van der Waals surface area contributed by atoms with Crippen LogP contribution in [0.25, 0.3) is 0 Å². The SMILES string of the molecule is O=C1CCC(NC(=O)c2ccccc2C#CCO)CN1. The highest BCUT2D eigenvalue weighted by Gasteiger charge is 2.20. The van der Waals surface area contributed by atoms with Crippen molar-refractivity contribution in [3.63, 3.8) is 0 Å². The van der Waals surface area contributed by atoms with E-state index in [1.807, 2.05) is 0 Å². The van der Waals surface area contributed by atoms with Crippen LogP contribution in [0, 0.1) is 11.8 Å². The van der Waals surface area contributed by atoms with Gasteiger partial charge < -0.3 is 15.7 Å². The number of rotatable bonds is 2. The third-order valence-corrected chi connectivity index (χ3v) is 3.07. The number of nitrogens with one attached hydrogen (secondary N) is 2. The molecule has 0 aromatic heterocycles. The molecule has 2 amide bonds. The van der Waals surface area contributed by atoms with Crippen molar-refractivity contribution in [2.24, 2.45) is 0 Å². The van der Waals surface area contributed by atoms with Crippen molar-refractivity contribution in [3.05, 3.63) is 35.4 Å². The van der Waals surface area contributed by atoms with Gasteiger partial charge in [-0.25, -0.2) is 0 Å². The fourth-order valence-electron chi connectivity index (χ4n) is 2.04. The van der Waals surface area contributed by atoms with E-state index >= 15 is 0 Å². The van der Waals surface area contributed by atoms with Crippen LogP contribution in [0.2, 0.25) is 0 Å². The van der Waals surface area contributed by atoms with E-state index in [2.05, 4.69) is 22.5 Å². The fourth-order valence-corrected chi connectivity index (χ4v) is 2.04. The third-order valence-electron chi connectivity index (χ3n) is 3.07. The Labute approximate surface area is 117 Å². The maximum Gasteiger partial charge on any atom is 0.252 e. The van der Waals surface area contributed by atoms with Crippen LogP contribution in [0.1, 0.15) is 28.8 Å². The first kappa shape index (κ1) is 14.1. The topological polar surface area (TPSA) is 78.4 Å². The van der Waals surface area contributed by atoms with Gasteiger partial charge in [0.1, 0.15) is 6.61 Å². The van der Waals surface area contributed by atoms with Crippen LogP contribution in [-0.2, 0) is 4.79 Å². The van der Waals surface area contributed by atoms with Gasteiger partial charge in [-0.05, 0) is 18.6 Å². The van der Waals surface area contributed by atoms with Crippen molar-refractivity contribution in [3.8, 4) is 11.8 Å². The number of aliphatic hydroxyl groups is 1. The molecule has 0 saturated carbocycles. The van der Waals surface area contributed by atoms with Gasteiger partial charge in [-0.1, -0.05) is 24.0 Å². The second kappa shape index (κ2) is 6.73. The van der Waals surface area contributed by atoms with Gasteiger partial charge >= 0.3 is 0 Å². The molecule has 1 heterocycles. The summed E-state index contributed by atoms with van der Waals surface area (Å²) in [5, 5.41) is 14.3. The zero-order chi connectivity index (χ0) is 14.4. The molecule has 1 fully saturated rings. The average Bonchev–Trinajstić information content (AvgIpc) is 2.47. The van der Waals surface area contributed by atoms with Crippen LogP contribution in [0.3, 0.4) is 0 Å². The zero-order valence-electron chi connectivity index (χ0n) is 11.0. The summed E-state index contributed by atoms with van der Waals surface area (Å²) >= 11 is 0. The van der Waals surface area contributed by atoms with E-state index in [1.54, 1.807) is 24.3 Å². The van der Waals surface area contributed by atoms with Crippen LogP contribution < -0.4 is 10.6 Å². The highest BCUT2D eigenvalue weighted by molar-refractivity contribution is 5.97. The Morgan fingerprint density at radius 2 is 2.25 bits per heavy atom. The molecule has 1 aromatic carbocycles. The minimum absolute atomic E-state index is 0.0183. The molecular weight excluding hydrogens is 256 g/mol. The van der Waals surface area contributed by atoms with Crippen LogP contribution in [0.4, 0.5) is 0 Å². The molecule has 5 heteroatoms. The highest BCUT2D eigenvalue weighted by atomic mass is 16.2. The van der Waals surface area contributed by atoms with E-state index in [4.69, 9.17) is 5.11 Å². The second-order valence-corrected chi connectivity index (χ2v) is 4.52. The van der Waals surface area contributed by atoms with Crippen molar-refractivity contribution in [2.45, 2.75) is 18.9 Å². The summed E-state index contributed by atoms with van der Waals surface area (Å²) in [5.41, 5.74) is 1.06. The Morgan fingerprint density at radius 3 is 2.95 bits per heavy atom. The maximum absolute atomic E-state index is 12.2. The Hall–Kier alpha value is -2.32. The van der Waals surface area contributed by atoms with Crippen molar-refractivity contribution in [1.82, 2.24) is 10.6 Å². The quantitative estimate of drug-likeness (QED) is 0.665. The lowest BCUT2D eigenvalue weighted by molar-refractivity contribution is -0.122. The first-order chi connectivity index (χ1) is 9.70. The van der Waals surface area contributed by atoms with Crippen molar-refractivity contribution in [1.29, 1.82) is 0 Å². The molecule has 1 unspecified atom stereocenters. The van der Waals surface area contributed by atoms with Gasteiger partial charge in [0.05, 0.1) is 5.56 Å². The number of piperidine rings is 1. The van der Waals surface area contributed by atoms with Gasteiger partial charge in [0.25, 0.3) is 5.91 Å². The molecule has 1 aliphatic heterocycles. The van der Waals surface area contributed by atoms with Crippen molar-refractivity contribution >= 4 is 11.8 Å². The average molecular weight is 272 g/mol. The molecule has 20 heavy (non-hydrogen) atoms. The van der Waals surface area contributed by atoms with Gasteiger partial charge in [0.15, 0.2) is 0 Å². The molecule has 0 aliphatic carbocycles. The summed E-state index contributed by atoms with van der Waals surface area (Å²) in [4.78, 5) is 23.3. The number of carbonyl (C=O) groups excluding carboxylic acids is 2. The summed E-state index contributed by atoms with van der Waals surface area (Å²) in [6.45, 7) is 0.208. The molecule has 2 rings (SSSR count). The van der Waals surface area contributed by atoms with Gasteiger partial charge in [-0.3, -0.25) is 9.59 Å². The standard InChI is InChI=1S/C15H16N2O3/c18-9-3-5-11-4-1-2-6-13(11)15(20)17-12-7-8-14(19)16-10-12/h1-2,4,6,12,18H,7-10H2,(H,16,19)(H,17,20). The maximum atomic E-state index is 12.2. The Kier molecular flexibility index (Phi) is 4.75. The molecule has 0 bridgehead atoms.